The number of hydrogen-bond donors (Lipinski definition) is 1. The number of carbonyl (C=O) groups is 1. The molecule has 2 saturated heterocycles. The summed E-state index contributed by atoms with van der Waals surface area (Å²) in [6.07, 6.45) is 3.20. The van der Waals surface area contributed by atoms with E-state index in [4.69, 9.17) is 0 Å². The highest BCUT2D eigenvalue weighted by molar-refractivity contribution is 7.81. The molecule has 1 amide bonds. The molecule has 0 radical (unpaired) electrons. The highest BCUT2D eigenvalue weighted by atomic mass is 32.2. The zero-order valence-electron chi connectivity index (χ0n) is 13.4. The van der Waals surface area contributed by atoms with Crippen molar-refractivity contribution in [3.05, 3.63) is 23.8 Å². The zero-order chi connectivity index (χ0) is 16.4. The van der Waals surface area contributed by atoms with Crippen molar-refractivity contribution in [2.24, 2.45) is 0 Å². The van der Waals surface area contributed by atoms with Crippen molar-refractivity contribution in [3.8, 4) is 0 Å². The summed E-state index contributed by atoms with van der Waals surface area (Å²) in [7, 11) is -0.927. The molecule has 2 heterocycles. The number of aliphatic hydroxyl groups excluding tert-OH is 1. The van der Waals surface area contributed by atoms with E-state index in [0.717, 1.165) is 56.1 Å². The van der Waals surface area contributed by atoms with Crippen LogP contribution in [0.15, 0.2) is 18.2 Å². The second-order valence-corrected chi connectivity index (χ2v) is 7.32. The van der Waals surface area contributed by atoms with Gasteiger partial charge in [-0.05, 0) is 24.6 Å². The Hall–Kier alpha value is -1.44. The molecule has 1 aromatic rings. The van der Waals surface area contributed by atoms with E-state index in [1.807, 2.05) is 22.5 Å². The van der Waals surface area contributed by atoms with Gasteiger partial charge in [0.2, 0.25) is 5.91 Å². The summed E-state index contributed by atoms with van der Waals surface area (Å²) >= 11 is 0. The smallest absolute Gasteiger partial charge is 0.227 e. The molecule has 1 atom stereocenters. The van der Waals surface area contributed by atoms with Gasteiger partial charge in [0.1, 0.15) is 0 Å². The van der Waals surface area contributed by atoms with Gasteiger partial charge in [0.15, 0.2) is 0 Å². The van der Waals surface area contributed by atoms with Gasteiger partial charge < -0.3 is 14.9 Å². The topological polar surface area (TPSA) is 64.1 Å². The molecule has 1 unspecified atom stereocenters. The number of hydrogen-bond acceptors (Lipinski definition) is 4. The number of anilines is 2. The highest BCUT2D eigenvalue weighted by Gasteiger charge is 2.24. The van der Waals surface area contributed by atoms with Crippen LogP contribution in [0.3, 0.4) is 0 Å². The van der Waals surface area contributed by atoms with Gasteiger partial charge in [-0.3, -0.25) is 4.79 Å². The van der Waals surface area contributed by atoms with Gasteiger partial charge in [0, 0.05) is 62.3 Å². The minimum atomic E-state index is -0.927. The summed E-state index contributed by atoms with van der Waals surface area (Å²) < 4.78 is 13.5. The van der Waals surface area contributed by atoms with Crippen LogP contribution in [0.5, 0.6) is 0 Å². The van der Waals surface area contributed by atoms with E-state index in [1.54, 1.807) is 11.2 Å². The van der Waals surface area contributed by atoms with Crippen molar-refractivity contribution in [2.45, 2.75) is 19.4 Å². The highest BCUT2D eigenvalue weighted by Crippen LogP contribution is 2.29. The lowest BCUT2D eigenvalue weighted by Gasteiger charge is -2.35. The third-order valence-electron chi connectivity index (χ3n) is 4.56. The number of piperazine rings is 1. The normalized spacial score (nSPS) is 21.0. The molecule has 0 aromatic heterocycles. The van der Waals surface area contributed by atoms with E-state index in [9.17, 15) is 14.1 Å². The average Bonchev–Trinajstić information content (AvgIpc) is 3.00. The molecule has 0 aliphatic carbocycles. The summed E-state index contributed by atoms with van der Waals surface area (Å²) in [4.78, 5) is 15.9. The Kier molecular flexibility index (Phi) is 4.99. The molecule has 2 aliphatic heterocycles. The van der Waals surface area contributed by atoms with Gasteiger partial charge in [-0.25, -0.2) is 8.51 Å². The van der Waals surface area contributed by atoms with Crippen LogP contribution in [0, 0.1) is 0 Å². The monoisotopic (exact) mass is 337 g/mol. The van der Waals surface area contributed by atoms with Crippen LogP contribution in [-0.4, -0.2) is 58.5 Å². The molecule has 3 rings (SSSR count). The minimum absolute atomic E-state index is 0.0505. The summed E-state index contributed by atoms with van der Waals surface area (Å²) in [6.45, 7) is 3.78. The van der Waals surface area contributed by atoms with Crippen molar-refractivity contribution in [2.75, 3.05) is 48.8 Å². The van der Waals surface area contributed by atoms with Gasteiger partial charge in [-0.15, -0.1) is 0 Å². The van der Waals surface area contributed by atoms with Crippen LogP contribution >= 0.6 is 0 Å². The molecule has 126 valence electrons. The molecule has 2 aliphatic rings. The number of nitrogens with zero attached hydrogens (tertiary/aromatic N) is 3. The largest absolute Gasteiger partial charge is 0.392 e. The van der Waals surface area contributed by atoms with Crippen LogP contribution in [-0.2, 0) is 22.4 Å². The van der Waals surface area contributed by atoms with Crippen molar-refractivity contribution in [3.63, 3.8) is 0 Å². The third-order valence-corrected chi connectivity index (χ3v) is 5.65. The first-order valence-corrected chi connectivity index (χ1v) is 9.49. The standard InChI is InChI=1S/C16H23N3O3S/c1-23(22)18-9-7-17(8-10-18)15-5-4-14(11-13(15)12-20)19-6-2-3-16(19)21/h4-5,11,20H,2-3,6-10,12H2,1H3. The Bertz CT molecular complexity index is 615. The second kappa shape index (κ2) is 6.98. The maximum absolute atomic E-state index is 11.9. The lowest BCUT2D eigenvalue weighted by molar-refractivity contribution is -0.117. The number of amides is 1. The van der Waals surface area contributed by atoms with Gasteiger partial charge in [0.05, 0.1) is 17.6 Å². The predicted octanol–water partition coefficient (Wildman–Crippen LogP) is 0.721. The van der Waals surface area contributed by atoms with Crippen molar-refractivity contribution >= 4 is 28.3 Å². The Morgan fingerprint density at radius 1 is 1.17 bits per heavy atom. The zero-order valence-corrected chi connectivity index (χ0v) is 14.2. The second-order valence-electron chi connectivity index (χ2n) is 5.96. The number of benzene rings is 1. The molecule has 0 saturated carbocycles. The molecule has 23 heavy (non-hydrogen) atoms. The number of aliphatic hydroxyl groups is 1. The Morgan fingerprint density at radius 2 is 1.91 bits per heavy atom. The van der Waals surface area contributed by atoms with Crippen LogP contribution in [0.1, 0.15) is 18.4 Å². The minimum Gasteiger partial charge on any atom is -0.392 e. The third kappa shape index (κ3) is 3.41. The fourth-order valence-corrected chi connectivity index (χ4v) is 3.96. The van der Waals surface area contributed by atoms with E-state index in [0.29, 0.717) is 6.42 Å². The van der Waals surface area contributed by atoms with E-state index in [-0.39, 0.29) is 12.5 Å². The van der Waals surface area contributed by atoms with Crippen molar-refractivity contribution in [1.29, 1.82) is 0 Å². The molecular formula is C16H23N3O3S. The molecule has 0 bridgehead atoms. The lowest BCUT2D eigenvalue weighted by atomic mass is 10.1. The molecule has 0 spiro atoms. The fraction of sp³-hybridized carbons (Fsp3) is 0.562. The summed E-state index contributed by atoms with van der Waals surface area (Å²) in [6, 6.07) is 5.87. The van der Waals surface area contributed by atoms with Crippen LogP contribution in [0.25, 0.3) is 0 Å². The first kappa shape index (κ1) is 16.4. The Morgan fingerprint density at radius 3 is 2.48 bits per heavy atom. The fourth-order valence-electron chi connectivity index (χ4n) is 3.28. The van der Waals surface area contributed by atoms with Crippen molar-refractivity contribution < 1.29 is 14.1 Å². The molecule has 7 heteroatoms. The van der Waals surface area contributed by atoms with Crippen molar-refractivity contribution in [1.82, 2.24) is 4.31 Å². The maximum Gasteiger partial charge on any atom is 0.227 e. The lowest BCUT2D eigenvalue weighted by Crippen LogP contribution is -2.47. The Balaban J connectivity index is 1.78. The molecule has 1 N–H and O–H groups in total. The molecule has 1 aromatic carbocycles. The number of carbonyl (C=O) groups excluding carboxylic acids is 1. The van der Waals surface area contributed by atoms with Gasteiger partial charge in [-0.1, -0.05) is 0 Å². The van der Waals surface area contributed by atoms with Gasteiger partial charge in [-0.2, -0.15) is 0 Å². The number of rotatable bonds is 4. The maximum atomic E-state index is 11.9. The average molecular weight is 337 g/mol. The first-order valence-electron chi connectivity index (χ1n) is 7.97. The first-order chi connectivity index (χ1) is 11.1. The van der Waals surface area contributed by atoms with Crippen LogP contribution in [0.2, 0.25) is 0 Å². The predicted molar refractivity (Wildman–Crippen MR) is 91.8 cm³/mol. The van der Waals surface area contributed by atoms with E-state index >= 15 is 0 Å². The van der Waals surface area contributed by atoms with E-state index < -0.39 is 11.0 Å². The van der Waals surface area contributed by atoms with E-state index in [2.05, 4.69) is 4.90 Å². The van der Waals surface area contributed by atoms with Gasteiger partial charge in [0.25, 0.3) is 0 Å². The van der Waals surface area contributed by atoms with Crippen LogP contribution < -0.4 is 9.80 Å². The summed E-state index contributed by atoms with van der Waals surface area (Å²) in [5.41, 5.74) is 2.71. The van der Waals surface area contributed by atoms with Gasteiger partial charge >= 0.3 is 0 Å². The molecule has 6 nitrogen and oxygen atoms in total. The molecule has 2 fully saturated rings. The quantitative estimate of drug-likeness (QED) is 0.879. The summed E-state index contributed by atoms with van der Waals surface area (Å²) in [5, 5.41) is 9.73. The van der Waals surface area contributed by atoms with Crippen LogP contribution in [0.4, 0.5) is 11.4 Å². The van der Waals surface area contributed by atoms with E-state index in [1.165, 1.54) is 0 Å². The SMILES string of the molecule is CS(=O)N1CCN(c2ccc(N3CCCC3=O)cc2CO)CC1. The Labute approximate surface area is 139 Å². The summed E-state index contributed by atoms with van der Waals surface area (Å²) in [5.74, 6) is 0.153. The molecular weight excluding hydrogens is 314 g/mol.